The molecule has 0 amide bonds. The third-order valence-electron chi connectivity index (χ3n) is 9.41. The Morgan fingerprint density at radius 1 is 0.857 bits per heavy atom. The molecule has 3 unspecified atom stereocenters. The number of ether oxygens (including phenoxy) is 2. The molecule has 1 aliphatic heterocycles. The zero-order valence-corrected chi connectivity index (χ0v) is 27.4. The van der Waals surface area contributed by atoms with Crippen LogP contribution in [0.1, 0.15) is 142 Å². The molecule has 0 aromatic heterocycles. The highest BCUT2D eigenvalue weighted by molar-refractivity contribution is 6.03. The van der Waals surface area contributed by atoms with Gasteiger partial charge in [-0.15, -0.1) is 0 Å². The van der Waals surface area contributed by atoms with E-state index in [1.165, 1.54) is 57.1 Å². The second kappa shape index (κ2) is 15.1. The minimum absolute atomic E-state index is 0.0494. The van der Waals surface area contributed by atoms with Gasteiger partial charge in [-0.3, -0.25) is 0 Å². The van der Waals surface area contributed by atoms with Gasteiger partial charge < -0.3 is 14.6 Å². The molecule has 42 heavy (non-hydrogen) atoms. The summed E-state index contributed by atoms with van der Waals surface area (Å²) in [4.78, 5) is 24.7. The van der Waals surface area contributed by atoms with Crippen molar-refractivity contribution in [3.8, 4) is 11.5 Å². The van der Waals surface area contributed by atoms with Crippen molar-refractivity contribution in [1.29, 1.82) is 0 Å². The van der Waals surface area contributed by atoms with Crippen molar-refractivity contribution >= 4 is 11.9 Å². The van der Waals surface area contributed by atoms with Crippen LogP contribution in [0.5, 0.6) is 11.5 Å². The maximum atomic E-state index is 13.0. The van der Waals surface area contributed by atoms with E-state index >= 15 is 0 Å². The Kier molecular flexibility index (Phi) is 12.1. The van der Waals surface area contributed by atoms with E-state index in [1.807, 2.05) is 20.8 Å². The lowest BCUT2D eigenvalue weighted by atomic mass is 9.83. The van der Waals surface area contributed by atoms with Crippen LogP contribution in [0.15, 0.2) is 24.3 Å². The highest BCUT2D eigenvalue weighted by Crippen LogP contribution is 2.45. The summed E-state index contributed by atoms with van der Waals surface area (Å²) < 4.78 is 12.6. The quantitative estimate of drug-likeness (QED) is 0.168. The molecular weight excluding hydrogens is 524 g/mol. The van der Waals surface area contributed by atoms with Gasteiger partial charge in [-0.05, 0) is 100.0 Å². The smallest absolute Gasteiger partial charge is 0.344 e. The fourth-order valence-corrected chi connectivity index (χ4v) is 6.41. The van der Waals surface area contributed by atoms with E-state index in [0.29, 0.717) is 5.75 Å². The van der Waals surface area contributed by atoms with E-state index < -0.39 is 11.9 Å². The lowest BCUT2D eigenvalue weighted by molar-refractivity contribution is 0.0508. The average molecular weight is 579 g/mol. The van der Waals surface area contributed by atoms with Crippen molar-refractivity contribution in [2.45, 2.75) is 132 Å². The van der Waals surface area contributed by atoms with Gasteiger partial charge in [-0.1, -0.05) is 84.8 Å². The van der Waals surface area contributed by atoms with E-state index in [2.05, 4.69) is 34.6 Å². The topological polar surface area (TPSA) is 72.8 Å². The van der Waals surface area contributed by atoms with Gasteiger partial charge in [0.1, 0.15) is 17.1 Å². The molecule has 1 heterocycles. The number of esters is 1. The molecular formula is C37H54O5. The molecule has 2 aromatic carbocycles. The standard InChI is InChI=1S/C37H54O5/c1-24(2)14-11-15-25(3)16-12-17-26(4)18-13-22-37(8)23-21-30-29(7)33(27(5)28(6)34(30)42-37)41-36(40)32-20-10-9-19-31(32)35(38)39/h9-10,19-20,24-26H,11-18,21-23H2,1-8H3,(H,38,39). The summed E-state index contributed by atoms with van der Waals surface area (Å²) in [5.41, 5.74) is 3.58. The highest BCUT2D eigenvalue weighted by Gasteiger charge is 2.35. The van der Waals surface area contributed by atoms with Crippen LogP contribution in [-0.4, -0.2) is 22.6 Å². The van der Waals surface area contributed by atoms with Crippen LogP contribution in [0.2, 0.25) is 0 Å². The van der Waals surface area contributed by atoms with Crippen molar-refractivity contribution in [3.63, 3.8) is 0 Å². The predicted octanol–water partition coefficient (Wildman–Crippen LogP) is 10.1. The fourth-order valence-electron chi connectivity index (χ4n) is 6.41. The van der Waals surface area contributed by atoms with E-state index in [4.69, 9.17) is 9.47 Å². The Balaban J connectivity index is 1.57. The van der Waals surface area contributed by atoms with Gasteiger partial charge in [-0.25, -0.2) is 9.59 Å². The maximum absolute atomic E-state index is 13.0. The molecule has 2 aromatic rings. The van der Waals surface area contributed by atoms with Gasteiger partial charge in [0.15, 0.2) is 0 Å². The van der Waals surface area contributed by atoms with Crippen LogP contribution in [0.4, 0.5) is 0 Å². The molecule has 0 fully saturated rings. The molecule has 0 radical (unpaired) electrons. The number of carboxylic acid groups (broad SMARTS) is 1. The number of fused-ring (bicyclic) bond motifs is 1. The lowest BCUT2D eigenvalue weighted by Crippen LogP contribution is -2.37. The SMILES string of the molecule is Cc1c(C)c2c(c(C)c1OC(=O)c1ccccc1C(=O)O)CCC(C)(CCCC(C)CCCC(C)CCCC(C)C)O2. The summed E-state index contributed by atoms with van der Waals surface area (Å²) in [6, 6.07) is 6.16. The number of carbonyl (C=O) groups excluding carboxylic acids is 1. The molecule has 1 N–H and O–H groups in total. The van der Waals surface area contributed by atoms with Crippen LogP contribution >= 0.6 is 0 Å². The fraction of sp³-hybridized carbons (Fsp3) is 0.622. The number of hydrogen-bond acceptors (Lipinski definition) is 4. The van der Waals surface area contributed by atoms with Crippen LogP contribution in [0.3, 0.4) is 0 Å². The van der Waals surface area contributed by atoms with Crippen LogP contribution in [0.25, 0.3) is 0 Å². The summed E-state index contributed by atoms with van der Waals surface area (Å²) in [6.45, 7) is 17.6. The second-order valence-corrected chi connectivity index (χ2v) is 13.7. The molecule has 0 saturated carbocycles. The largest absolute Gasteiger partial charge is 0.487 e. The van der Waals surface area contributed by atoms with Crippen LogP contribution in [-0.2, 0) is 6.42 Å². The van der Waals surface area contributed by atoms with Gasteiger partial charge in [0.2, 0.25) is 0 Å². The molecule has 1 aliphatic rings. The minimum atomic E-state index is -1.15. The molecule has 0 bridgehead atoms. The van der Waals surface area contributed by atoms with Gasteiger partial charge in [0, 0.05) is 5.56 Å². The summed E-state index contributed by atoms with van der Waals surface area (Å²) >= 11 is 0. The van der Waals surface area contributed by atoms with E-state index in [9.17, 15) is 14.7 Å². The van der Waals surface area contributed by atoms with Crippen molar-refractivity contribution in [2.75, 3.05) is 0 Å². The molecule has 5 heteroatoms. The zero-order chi connectivity index (χ0) is 31.0. The summed E-state index contributed by atoms with van der Waals surface area (Å²) in [5.74, 6) is 2.01. The molecule has 232 valence electrons. The van der Waals surface area contributed by atoms with E-state index in [0.717, 1.165) is 71.4 Å². The number of hydrogen-bond donors (Lipinski definition) is 1. The predicted molar refractivity (Wildman–Crippen MR) is 171 cm³/mol. The average Bonchev–Trinajstić information content (AvgIpc) is 2.93. The molecule has 0 spiro atoms. The first-order valence-electron chi connectivity index (χ1n) is 16.2. The first-order chi connectivity index (χ1) is 19.8. The molecule has 5 nitrogen and oxygen atoms in total. The summed E-state index contributed by atoms with van der Waals surface area (Å²) in [7, 11) is 0. The lowest BCUT2D eigenvalue weighted by Gasteiger charge is -2.38. The zero-order valence-electron chi connectivity index (χ0n) is 27.4. The highest BCUT2D eigenvalue weighted by atomic mass is 16.5. The molecule has 0 saturated heterocycles. The minimum Gasteiger partial charge on any atom is -0.487 e. The number of carboxylic acids is 1. The Bertz CT molecular complexity index is 1230. The molecule has 3 atom stereocenters. The van der Waals surface area contributed by atoms with Crippen molar-refractivity contribution < 1.29 is 24.2 Å². The summed E-state index contributed by atoms with van der Waals surface area (Å²) in [5, 5.41) is 9.51. The van der Waals surface area contributed by atoms with Crippen LogP contribution in [0, 0.1) is 38.5 Å². The van der Waals surface area contributed by atoms with Crippen LogP contribution < -0.4 is 9.47 Å². The number of aromatic carboxylic acids is 1. The second-order valence-electron chi connectivity index (χ2n) is 13.7. The monoisotopic (exact) mass is 578 g/mol. The Labute approximate surface area is 254 Å². The Morgan fingerprint density at radius 3 is 2.02 bits per heavy atom. The molecule has 0 aliphatic carbocycles. The normalized spacial score (nSPS) is 17.8. The Hall–Kier alpha value is -2.82. The van der Waals surface area contributed by atoms with Crippen molar-refractivity contribution in [2.24, 2.45) is 17.8 Å². The van der Waals surface area contributed by atoms with E-state index in [1.54, 1.807) is 12.1 Å². The van der Waals surface area contributed by atoms with Gasteiger partial charge in [-0.2, -0.15) is 0 Å². The third kappa shape index (κ3) is 8.84. The van der Waals surface area contributed by atoms with E-state index in [-0.39, 0.29) is 16.7 Å². The number of rotatable bonds is 15. The maximum Gasteiger partial charge on any atom is 0.344 e. The Morgan fingerprint density at radius 2 is 1.43 bits per heavy atom. The number of carbonyl (C=O) groups is 2. The summed E-state index contributed by atoms with van der Waals surface area (Å²) in [6.07, 6.45) is 13.3. The van der Waals surface area contributed by atoms with Crippen molar-refractivity contribution in [3.05, 3.63) is 57.6 Å². The third-order valence-corrected chi connectivity index (χ3v) is 9.41. The van der Waals surface area contributed by atoms with Gasteiger partial charge in [0.05, 0.1) is 11.1 Å². The molecule has 3 rings (SSSR count). The van der Waals surface area contributed by atoms with Gasteiger partial charge in [0.25, 0.3) is 0 Å². The van der Waals surface area contributed by atoms with Gasteiger partial charge >= 0.3 is 11.9 Å². The van der Waals surface area contributed by atoms with Crippen molar-refractivity contribution in [1.82, 2.24) is 0 Å². The first-order valence-corrected chi connectivity index (χ1v) is 16.2. The first kappa shape index (κ1) is 33.7. The number of benzene rings is 2.